The molecule has 0 aliphatic heterocycles. The minimum Gasteiger partial charge on any atom is -0.324 e. The van der Waals surface area contributed by atoms with Crippen molar-refractivity contribution >= 4 is 0 Å². The van der Waals surface area contributed by atoms with Crippen LogP contribution in [0, 0.1) is 12.3 Å². The average molecular weight is 140 g/mol. The Morgan fingerprint density at radius 2 is 2.30 bits per heavy atom. The Bertz CT molecular complexity index is 122. The molecule has 1 atom stereocenters. The fourth-order valence-corrected chi connectivity index (χ4v) is 0.545. The van der Waals surface area contributed by atoms with Crippen LogP contribution in [0.15, 0.2) is 0 Å². The summed E-state index contributed by atoms with van der Waals surface area (Å²) in [5.41, 5.74) is 5.71. The highest BCUT2D eigenvalue weighted by Gasteiger charge is 2.13. The summed E-state index contributed by atoms with van der Waals surface area (Å²) in [7, 11) is 0. The monoisotopic (exact) mass is 140 g/mol. The molecule has 0 saturated carbocycles. The number of nitrogens with one attached hydrogen (secondary N) is 1. The molecule has 3 N–H and O–H groups in total. The largest absolute Gasteiger partial charge is 0.324 e. The molecule has 2 heteroatoms. The Kier molecular flexibility index (Phi) is 4.10. The smallest absolute Gasteiger partial charge is 0.0574 e. The van der Waals surface area contributed by atoms with Gasteiger partial charge in [0.1, 0.15) is 0 Å². The molecule has 0 radical (unpaired) electrons. The zero-order valence-corrected chi connectivity index (χ0v) is 6.78. The van der Waals surface area contributed by atoms with Gasteiger partial charge in [0.15, 0.2) is 0 Å². The molecule has 0 fully saturated rings. The first-order valence-electron chi connectivity index (χ1n) is 3.55. The van der Waals surface area contributed by atoms with E-state index in [2.05, 4.69) is 18.2 Å². The summed E-state index contributed by atoms with van der Waals surface area (Å²) >= 11 is 0. The van der Waals surface area contributed by atoms with Gasteiger partial charge in [-0.15, -0.1) is 6.42 Å². The van der Waals surface area contributed by atoms with E-state index in [9.17, 15) is 0 Å². The molecule has 0 amide bonds. The number of hydrogen-bond donors (Lipinski definition) is 2. The van der Waals surface area contributed by atoms with Gasteiger partial charge < -0.3 is 11.1 Å². The van der Waals surface area contributed by atoms with Crippen LogP contribution in [-0.4, -0.2) is 18.6 Å². The zero-order chi connectivity index (χ0) is 8.04. The van der Waals surface area contributed by atoms with E-state index in [0.29, 0.717) is 6.54 Å². The van der Waals surface area contributed by atoms with Crippen molar-refractivity contribution in [3.05, 3.63) is 0 Å². The molecule has 0 aliphatic carbocycles. The van der Waals surface area contributed by atoms with Crippen LogP contribution in [0.3, 0.4) is 0 Å². The van der Waals surface area contributed by atoms with Gasteiger partial charge in [-0.3, -0.25) is 0 Å². The lowest BCUT2D eigenvalue weighted by molar-refractivity contribution is 0.427. The summed E-state index contributed by atoms with van der Waals surface area (Å²) in [5.74, 6) is 2.50. The summed E-state index contributed by atoms with van der Waals surface area (Å²) in [5, 5.41) is 3.07. The molecule has 0 aromatic carbocycles. The molecule has 0 spiro atoms. The fraction of sp³-hybridized carbons (Fsp3) is 0.750. The average Bonchev–Trinajstić information content (AvgIpc) is 1.89. The van der Waals surface area contributed by atoms with Gasteiger partial charge in [0.2, 0.25) is 0 Å². The van der Waals surface area contributed by atoms with E-state index in [0.717, 1.165) is 13.0 Å². The van der Waals surface area contributed by atoms with Crippen molar-refractivity contribution < 1.29 is 0 Å². The lowest BCUT2D eigenvalue weighted by atomic mass is 10.0. The molecule has 0 saturated heterocycles. The van der Waals surface area contributed by atoms with Crippen molar-refractivity contribution in [1.29, 1.82) is 0 Å². The standard InChI is InChI=1S/C8H16N2/c1-4-6-10-7-8(3,9)5-2/h1,10H,5-7,9H2,2-3H3. The van der Waals surface area contributed by atoms with E-state index < -0.39 is 0 Å². The highest BCUT2D eigenvalue weighted by molar-refractivity contribution is 4.89. The second kappa shape index (κ2) is 4.32. The first-order chi connectivity index (χ1) is 4.62. The first-order valence-corrected chi connectivity index (χ1v) is 3.55. The van der Waals surface area contributed by atoms with Crippen LogP contribution in [0.5, 0.6) is 0 Å². The Hall–Kier alpha value is -0.520. The minimum atomic E-state index is -0.114. The first kappa shape index (κ1) is 9.48. The summed E-state index contributed by atoms with van der Waals surface area (Å²) < 4.78 is 0. The third-order valence-corrected chi connectivity index (χ3v) is 1.56. The third-order valence-electron chi connectivity index (χ3n) is 1.56. The highest BCUT2D eigenvalue weighted by Crippen LogP contribution is 2.00. The summed E-state index contributed by atoms with van der Waals surface area (Å²) in [6.45, 7) is 5.47. The molecule has 10 heavy (non-hydrogen) atoms. The molecular formula is C8H16N2. The van der Waals surface area contributed by atoms with Crippen molar-refractivity contribution in [3.8, 4) is 12.3 Å². The van der Waals surface area contributed by atoms with E-state index in [-0.39, 0.29) is 5.54 Å². The van der Waals surface area contributed by atoms with Gasteiger partial charge in [0, 0.05) is 12.1 Å². The van der Waals surface area contributed by atoms with Gasteiger partial charge >= 0.3 is 0 Å². The topological polar surface area (TPSA) is 38.0 Å². The van der Waals surface area contributed by atoms with Crippen molar-refractivity contribution in [3.63, 3.8) is 0 Å². The quantitative estimate of drug-likeness (QED) is 0.436. The minimum absolute atomic E-state index is 0.114. The second-order valence-electron chi connectivity index (χ2n) is 2.82. The van der Waals surface area contributed by atoms with Crippen molar-refractivity contribution in [2.24, 2.45) is 5.73 Å². The van der Waals surface area contributed by atoms with Crippen LogP contribution in [0.4, 0.5) is 0 Å². The van der Waals surface area contributed by atoms with Gasteiger partial charge in [0.05, 0.1) is 6.54 Å². The van der Waals surface area contributed by atoms with Crippen molar-refractivity contribution in [2.75, 3.05) is 13.1 Å². The van der Waals surface area contributed by atoms with Gasteiger partial charge in [0.25, 0.3) is 0 Å². The third kappa shape index (κ3) is 4.37. The molecule has 0 bridgehead atoms. The Morgan fingerprint density at radius 1 is 1.70 bits per heavy atom. The van der Waals surface area contributed by atoms with E-state index in [1.54, 1.807) is 0 Å². The zero-order valence-electron chi connectivity index (χ0n) is 6.78. The highest BCUT2D eigenvalue weighted by atomic mass is 14.9. The number of hydrogen-bond acceptors (Lipinski definition) is 2. The van der Waals surface area contributed by atoms with Crippen LogP contribution < -0.4 is 11.1 Å². The molecule has 2 nitrogen and oxygen atoms in total. The SMILES string of the molecule is C#CCNCC(C)(N)CC. The lowest BCUT2D eigenvalue weighted by Crippen LogP contribution is -2.45. The van der Waals surface area contributed by atoms with E-state index in [1.807, 2.05) is 6.92 Å². The van der Waals surface area contributed by atoms with E-state index in [4.69, 9.17) is 12.2 Å². The second-order valence-corrected chi connectivity index (χ2v) is 2.82. The van der Waals surface area contributed by atoms with Crippen LogP contribution in [0.1, 0.15) is 20.3 Å². The maximum atomic E-state index is 5.83. The predicted molar refractivity (Wildman–Crippen MR) is 44.6 cm³/mol. The maximum absolute atomic E-state index is 5.83. The normalized spacial score (nSPS) is 15.8. The maximum Gasteiger partial charge on any atom is 0.0574 e. The van der Waals surface area contributed by atoms with Crippen molar-refractivity contribution in [1.82, 2.24) is 5.32 Å². The van der Waals surface area contributed by atoms with Gasteiger partial charge in [-0.2, -0.15) is 0 Å². The Labute approximate surface area is 63.2 Å². The van der Waals surface area contributed by atoms with Crippen LogP contribution in [0.2, 0.25) is 0 Å². The molecule has 0 aliphatic rings. The molecule has 0 heterocycles. The molecule has 0 rings (SSSR count). The van der Waals surface area contributed by atoms with Crippen molar-refractivity contribution in [2.45, 2.75) is 25.8 Å². The number of nitrogens with two attached hydrogens (primary N) is 1. The molecule has 58 valence electrons. The van der Waals surface area contributed by atoms with Gasteiger partial charge in [-0.05, 0) is 13.3 Å². The Balaban J connectivity index is 3.39. The molecular weight excluding hydrogens is 124 g/mol. The fourth-order valence-electron chi connectivity index (χ4n) is 0.545. The van der Waals surface area contributed by atoms with Crippen LogP contribution in [-0.2, 0) is 0 Å². The molecule has 0 aromatic heterocycles. The van der Waals surface area contributed by atoms with Gasteiger partial charge in [-0.25, -0.2) is 0 Å². The van der Waals surface area contributed by atoms with E-state index >= 15 is 0 Å². The summed E-state index contributed by atoms with van der Waals surface area (Å²) in [6.07, 6.45) is 6.01. The lowest BCUT2D eigenvalue weighted by Gasteiger charge is -2.22. The van der Waals surface area contributed by atoms with Gasteiger partial charge in [-0.1, -0.05) is 12.8 Å². The van der Waals surface area contributed by atoms with E-state index in [1.165, 1.54) is 0 Å². The number of rotatable bonds is 4. The van der Waals surface area contributed by atoms with Crippen LogP contribution in [0.25, 0.3) is 0 Å². The molecule has 1 unspecified atom stereocenters. The number of terminal acetylenes is 1. The predicted octanol–water partition coefficient (Wildman–Crippen LogP) is 0.337. The Morgan fingerprint density at radius 3 is 2.70 bits per heavy atom. The van der Waals surface area contributed by atoms with Crippen LogP contribution >= 0.6 is 0 Å². The molecule has 0 aromatic rings. The summed E-state index contributed by atoms with van der Waals surface area (Å²) in [4.78, 5) is 0. The summed E-state index contributed by atoms with van der Waals surface area (Å²) in [6, 6.07) is 0.